The third kappa shape index (κ3) is 1.87. The van der Waals surface area contributed by atoms with E-state index in [0.29, 0.717) is 5.65 Å². The zero-order chi connectivity index (χ0) is 11.8. The van der Waals surface area contributed by atoms with E-state index in [-0.39, 0.29) is 0 Å². The summed E-state index contributed by atoms with van der Waals surface area (Å²) in [7, 11) is 1.83. The Hall–Kier alpha value is -1.59. The number of pyridine rings is 1. The summed E-state index contributed by atoms with van der Waals surface area (Å²) < 4.78 is 0.754. The highest BCUT2D eigenvalue weighted by atomic mass is 35.5. The van der Waals surface area contributed by atoms with Crippen LogP contribution in [-0.2, 0) is 0 Å². The molecule has 0 saturated heterocycles. The minimum absolute atomic E-state index is 0.705. The monoisotopic (exact) mass is 264 g/mol. The molecule has 2 N–H and O–H groups in total. The van der Waals surface area contributed by atoms with Crippen molar-refractivity contribution >= 4 is 39.9 Å². The highest BCUT2D eigenvalue weighted by Crippen LogP contribution is 2.30. The third-order valence-electron chi connectivity index (χ3n) is 2.41. The highest BCUT2D eigenvalue weighted by molar-refractivity contribution is 7.19. The second-order valence-corrected chi connectivity index (χ2v) is 5.22. The topological polar surface area (TPSA) is 53.6 Å². The van der Waals surface area contributed by atoms with Gasteiger partial charge in [0.15, 0.2) is 11.5 Å². The largest absolute Gasteiger partial charge is 0.373 e. The van der Waals surface area contributed by atoms with E-state index < -0.39 is 0 Å². The van der Waals surface area contributed by atoms with Crippen LogP contribution in [0, 0.1) is 0 Å². The van der Waals surface area contributed by atoms with E-state index >= 15 is 0 Å². The molecule has 0 unspecified atom stereocenters. The summed E-state index contributed by atoms with van der Waals surface area (Å²) in [5.41, 5.74) is 1.62. The quantitative estimate of drug-likeness (QED) is 0.746. The zero-order valence-electron chi connectivity index (χ0n) is 8.99. The number of hydrogen-bond acceptors (Lipinski definition) is 4. The maximum atomic E-state index is 5.91. The van der Waals surface area contributed by atoms with Crippen molar-refractivity contribution in [1.29, 1.82) is 0 Å². The summed E-state index contributed by atoms with van der Waals surface area (Å²) in [6.07, 6.45) is 0. The summed E-state index contributed by atoms with van der Waals surface area (Å²) in [5, 5.41) is 2.99. The number of fused-ring (bicyclic) bond motifs is 1. The molecule has 0 bridgehead atoms. The first-order chi connectivity index (χ1) is 8.26. The minimum atomic E-state index is 0.705. The lowest BCUT2D eigenvalue weighted by molar-refractivity contribution is 1.29. The van der Waals surface area contributed by atoms with E-state index in [1.54, 1.807) is 0 Å². The molecular weight excluding hydrogens is 256 g/mol. The van der Waals surface area contributed by atoms with Crippen molar-refractivity contribution < 1.29 is 0 Å². The molecule has 0 saturated carbocycles. The Bertz CT molecular complexity index is 673. The number of nitrogens with zero attached hydrogens (tertiary/aromatic N) is 2. The molecule has 0 aliphatic rings. The van der Waals surface area contributed by atoms with Crippen LogP contribution in [0.4, 0.5) is 5.82 Å². The standard InChI is InChI=1S/C11H9ClN4S/c1-13-9-5-2-6-10(15-9)16-11(14-6)7-3-4-8(12)17-7/h2-5H,1H3,(H2,13,14,15,16). The van der Waals surface area contributed by atoms with Crippen LogP contribution >= 0.6 is 22.9 Å². The number of hydrogen-bond donors (Lipinski definition) is 2. The molecule has 3 rings (SSSR count). The molecule has 0 fully saturated rings. The number of imidazole rings is 1. The first-order valence-electron chi connectivity index (χ1n) is 5.06. The average Bonchev–Trinajstić information content (AvgIpc) is 2.93. The molecule has 0 atom stereocenters. The van der Waals surface area contributed by atoms with Gasteiger partial charge in [0.1, 0.15) is 5.82 Å². The highest BCUT2D eigenvalue weighted by Gasteiger charge is 2.08. The maximum Gasteiger partial charge on any atom is 0.180 e. The number of nitrogens with one attached hydrogen (secondary N) is 2. The Morgan fingerprint density at radius 2 is 2.12 bits per heavy atom. The molecule has 3 heterocycles. The molecule has 3 aromatic rings. The zero-order valence-corrected chi connectivity index (χ0v) is 10.6. The van der Waals surface area contributed by atoms with Gasteiger partial charge in [-0.3, -0.25) is 0 Å². The van der Waals surface area contributed by atoms with Gasteiger partial charge in [0.2, 0.25) is 0 Å². The second kappa shape index (κ2) is 4.01. The van der Waals surface area contributed by atoms with Gasteiger partial charge in [-0.05, 0) is 24.3 Å². The molecule has 0 aromatic carbocycles. The van der Waals surface area contributed by atoms with Crippen LogP contribution in [0.15, 0.2) is 24.3 Å². The van der Waals surface area contributed by atoms with Gasteiger partial charge < -0.3 is 10.3 Å². The second-order valence-electron chi connectivity index (χ2n) is 3.51. The molecule has 0 aliphatic carbocycles. The number of halogens is 1. The lowest BCUT2D eigenvalue weighted by Crippen LogP contribution is -1.91. The number of thiophene rings is 1. The summed E-state index contributed by atoms with van der Waals surface area (Å²) in [6, 6.07) is 7.68. The molecular formula is C11H9ClN4S. The summed E-state index contributed by atoms with van der Waals surface area (Å²) in [5.74, 6) is 1.61. The first kappa shape index (κ1) is 10.6. The van der Waals surface area contributed by atoms with Gasteiger partial charge in [-0.1, -0.05) is 11.6 Å². The number of H-pyrrole nitrogens is 1. The molecule has 0 amide bonds. The fourth-order valence-electron chi connectivity index (χ4n) is 1.59. The lowest BCUT2D eigenvalue weighted by Gasteiger charge is -1.95. The van der Waals surface area contributed by atoms with Gasteiger partial charge in [0.05, 0.1) is 14.7 Å². The third-order valence-corrected chi connectivity index (χ3v) is 3.65. The van der Waals surface area contributed by atoms with E-state index in [4.69, 9.17) is 11.6 Å². The summed E-state index contributed by atoms with van der Waals surface area (Å²) in [4.78, 5) is 13.1. The number of aromatic nitrogens is 3. The maximum absolute atomic E-state index is 5.91. The van der Waals surface area contributed by atoms with Crippen LogP contribution in [0.2, 0.25) is 4.34 Å². The van der Waals surface area contributed by atoms with Crippen LogP contribution in [-0.4, -0.2) is 22.0 Å². The van der Waals surface area contributed by atoms with Crippen LogP contribution in [0.1, 0.15) is 0 Å². The molecule has 4 nitrogen and oxygen atoms in total. The van der Waals surface area contributed by atoms with Gasteiger partial charge in [-0.25, -0.2) is 9.97 Å². The van der Waals surface area contributed by atoms with Crippen LogP contribution in [0.5, 0.6) is 0 Å². The van der Waals surface area contributed by atoms with E-state index in [1.165, 1.54) is 11.3 Å². The molecule has 0 radical (unpaired) electrons. The van der Waals surface area contributed by atoms with E-state index in [2.05, 4.69) is 20.3 Å². The van der Waals surface area contributed by atoms with Crippen molar-refractivity contribution in [3.63, 3.8) is 0 Å². The van der Waals surface area contributed by atoms with E-state index in [9.17, 15) is 0 Å². The normalized spacial score (nSPS) is 10.9. The van der Waals surface area contributed by atoms with Crippen molar-refractivity contribution in [2.45, 2.75) is 0 Å². The SMILES string of the molecule is CNc1ccc2[nH]c(-c3ccc(Cl)s3)nc2n1. The smallest absolute Gasteiger partial charge is 0.180 e. The van der Waals surface area contributed by atoms with Gasteiger partial charge in [0.25, 0.3) is 0 Å². The van der Waals surface area contributed by atoms with Crippen molar-refractivity contribution in [2.24, 2.45) is 0 Å². The molecule has 86 valence electrons. The minimum Gasteiger partial charge on any atom is -0.373 e. The van der Waals surface area contributed by atoms with Crippen molar-refractivity contribution in [3.05, 3.63) is 28.6 Å². The Morgan fingerprint density at radius 1 is 1.24 bits per heavy atom. The van der Waals surface area contributed by atoms with Crippen molar-refractivity contribution in [2.75, 3.05) is 12.4 Å². The number of rotatable bonds is 2. The fraction of sp³-hybridized carbons (Fsp3) is 0.0909. The number of anilines is 1. The lowest BCUT2D eigenvalue weighted by atomic mass is 10.4. The number of aromatic amines is 1. The Morgan fingerprint density at radius 3 is 2.82 bits per heavy atom. The predicted molar refractivity (Wildman–Crippen MR) is 71.8 cm³/mol. The van der Waals surface area contributed by atoms with Crippen LogP contribution < -0.4 is 5.32 Å². The predicted octanol–water partition coefficient (Wildman–Crippen LogP) is 3.38. The Kier molecular flexibility index (Phi) is 2.49. The van der Waals surface area contributed by atoms with Gasteiger partial charge in [-0.15, -0.1) is 11.3 Å². The Labute approximate surface area is 107 Å². The molecule has 0 spiro atoms. The van der Waals surface area contributed by atoms with Gasteiger partial charge in [0, 0.05) is 7.05 Å². The molecule has 17 heavy (non-hydrogen) atoms. The molecule has 6 heteroatoms. The summed E-state index contributed by atoms with van der Waals surface area (Å²) in [6.45, 7) is 0. The Balaban J connectivity index is 2.13. The molecule has 3 aromatic heterocycles. The van der Waals surface area contributed by atoms with Crippen LogP contribution in [0.25, 0.3) is 21.9 Å². The van der Waals surface area contributed by atoms with E-state index in [1.807, 2.05) is 31.3 Å². The van der Waals surface area contributed by atoms with Gasteiger partial charge >= 0.3 is 0 Å². The summed E-state index contributed by atoms with van der Waals surface area (Å²) >= 11 is 7.40. The van der Waals surface area contributed by atoms with Crippen molar-refractivity contribution in [1.82, 2.24) is 15.0 Å². The first-order valence-corrected chi connectivity index (χ1v) is 6.26. The average molecular weight is 265 g/mol. The van der Waals surface area contributed by atoms with Gasteiger partial charge in [-0.2, -0.15) is 0 Å². The fourth-order valence-corrected chi connectivity index (χ4v) is 2.58. The van der Waals surface area contributed by atoms with Crippen LogP contribution in [0.3, 0.4) is 0 Å². The molecule has 0 aliphatic heterocycles. The van der Waals surface area contributed by atoms with E-state index in [0.717, 1.165) is 26.4 Å². The van der Waals surface area contributed by atoms with Crippen molar-refractivity contribution in [3.8, 4) is 10.7 Å².